The van der Waals surface area contributed by atoms with Crippen LogP contribution in [-0.4, -0.2) is 7.11 Å². The predicted octanol–water partition coefficient (Wildman–Crippen LogP) is 4.94. The topological polar surface area (TPSA) is 47.3 Å². The molecule has 4 heteroatoms. The lowest BCUT2D eigenvalue weighted by atomic mass is 10.1. The van der Waals surface area contributed by atoms with Crippen LogP contribution in [-0.2, 0) is 0 Å². The summed E-state index contributed by atoms with van der Waals surface area (Å²) in [7, 11) is 1.64. The number of fused-ring (bicyclic) bond motifs is 1. The van der Waals surface area contributed by atoms with Gasteiger partial charge in [-0.1, -0.05) is 28.1 Å². The van der Waals surface area contributed by atoms with Crippen LogP contribution in [0.25, 0.3) is 10.8 Å². The number of ether oxygens (including phenoxy) is 1. The summed E-state index contributed by atoms with van der Waals surface area (Å²) in [4.78, 5) is 0. The van der Waals surface area contributed by atoms with Crippen LogP contribution >= 0.6 is 15.9 Å². The molecule has 3 nitrogen and oxygen atoms in total. The molecule has 0 heterocycles. The predicted molar refractivity (Wildman–Crippen MR) is 92.3 cm³/mol. The first-order chi connectivity index (χ1) is 10.2. The van der Waals surface area contributed by atoms with Crippen molar-refractivity contribution in [3.63, 3.8) is 0 Å². The molecule has 3 aromatic rings. The van der Waals surface area contributed by atoms with Crippen molar-refractivity contribution in [3.8, 4) is 5.75 Å². The maximum Gasteiger partial charge on any atom is 0.121 e. The molecule has 0 aliphatic heterocycles. The van der Waals surface area contributed by atoms with Gasteiger partial charge in [-0.25, -0.2) is 0 Å². The zero-order valence-corrected chi connectivity index (χ0v) is 13.1. The molecule has 3 N–H and O–H groups in total. The number of rotatable bonds is 3. The van der Waals surface area contributed by atoms with Gasteiger partial charge in [-0.15, -0.1) is 0 Å². The minimum absolute atomic E-state index is 0.687. The lowest BCUT2D eigenvalue weighted by molar-refractivity contribution is 0.415. The van der Waals surface area contributed by atoms with E-state index in [0.29, 0.717) is 5.69 Å². The van der Waals surface area contributed by atoms with Crippen LogP contribution in [0, 0.1) is 0 Å². The molecular formula is C17H15BrN2O. The number of methoxy groups -OCH3 is 1. The molecule has 3 rings (SSSR count). The normalized spacial score (nSPS) is 10.6. The minimum Gasteiger partial charge on any atom is -0.497 e. The van der Waals surface area contributed by atoms with E-state index < -0.39 is 0 Å². The van der Waals surface area contributed by atoms with Crippen molar-refractivity contribution in [3.05, 3.63) is 59.1 Å². The molecule has 0 amide bonds. The molecule has 21 heavy (non-hydrogen) atoms. The lowest BCUT2D eigenvalue weighted by Crippen LogP contribution is -1.97. The van der Waals surface area contributed by atoms with Crippen molar-refractivity contribution in [2.45, 2.75) is 0 Å². The average Bonchev–Trinajstić information content (AvgIpc) is 2.49. The standard InChI is InChI=1S/C17H15BrN2O/c1-21-15-6-7-16(19)17(10-15)20-14-5-3-11-8-13(18)4-2-12(11)9-14/h2-10,20H,19H2,1H3. The molecular weight excluding hydrogens is 328 g/mol. The quantitative estimate of drug-likeness (QED) is 0.663. The molecule has 0 aromatic heterocycles. The Hall–Kier alpha value is -2.20. The van der Waals surface area contributed by atoms with Gasteiger partial charge in [0.05, 0.1) is 18.5 Å². The van der Waals surface area contributed by atoms with Gasteiger partial charge in [0.15, 0.2) is 0 Å². The summed E-state index contributed by atoms with van der Waals surface area (Å²) in [5, 5.41) is 5.70. The van der Waals surface area contributed by atoms with Crippen LogP contribution < -0.4 is 15.8 Å². The van der Waals surface area contributed by atoms with Gasteiger partial charge in [0.25, 0.3) is 0 Å². The van der Waals surface area contributed by atoms with E-state index in [4.69, 9.17) is 10.5 Å². The van der Waals surface area contributed by atoms with Crippen LogP contribution in [0.4, 0.5) is 17.1 Å². The van der Waals surface area contributed by atoms with Crippen molar-refractivity contribution in [2.75, 3.05) is 18.2 Å². The number of nitrogen functional groups attached to an aromatic ring is 1. The number of hydrogen-bond donors (Lipinski definition) is 2. The first kappa shape index (κ1) is 13.8. The van der Waals surface area contributed by atoms with E-state index in [1.54, 1.807) is 7.11 Å². The summed E-state index contributed by atoms with van der Waals surface area (Å²) in [6.45, 7) is 0. The molecule has 0 aliphatic carbocycles. The van der Waals surface area contributed by atoms with Crippen molar-refractivity contribution in [2.24, 2.45) is 0 Å². The van der Waals surface area contributed by atoms with Crippen LogP contribution in [0.3, 0.4) is 0 Å². The molecule has 0 bridgehead atoms. The van der Waals surface area contributed by atoms with E-state index in [0.717, 1.165) is 21.6 Å². The van der Waals surface area contributed by atoms with E-state index in [1.807, 2.05) is 30.3 Å². The monoisotopic (exact) mass is 342 g/mol. The summed E-state index contributed by atoms with van der Waals surface area (Å²) in [6, 6.07) is 18.0. The van der Waals surface area contributed by atoms with E-state index in [9.17, 15) is 0 Å². The van der Waals surface area contributed by atoms with Gasteiger partial charge >= 0.3 is 0 Å². The molecule has 0 spiro atoms. The Labute approximate surface area is 131 Å². The molecule has 0 saturated heterocycles. The average molecular weight is 343 g/mol. The minimum atomic E-state index is 0.687. The Balaban J connectivity index is 1.96. The molecule has 0 unspecified atom stereocenters. The zero-order chi connectivity index (χ0) is 14.8. The van der Waals surface area contributed by atoms with Gasteiger partial charge in [0.2, 0.25) is 0 Å². The number of anilines is 3. The van der Waals surface area contributed by atoms with Crippen molar-refractivity contribution in [1.29, 1.82) is 0 Å². The molecule has 106 valence electrons. The van der Waals surface area contributed by atoms with Crippen molar-refractivity contribution < 1.29 is 4.74 Å². The molecule has 0 saturated carbocycles. The summed E-state index contributed by atoms with van der Waals surface area (Å²) in [5.41, 5.74) is 8.52. The van der Waals surface area contributed by atoms with Crippen molar-refractivity contribution in [1.82, 2.24) is 0 Å². The van der Waals surface area contributed by atoms with E-state index in [1.165, 1.54) is 10.8 Å². The fraction of sp³-hybridized carbons (Fsp3) is 0.0588. The Morgan fingerprint density at radius 3 is 2.52 bits per heavy atom. The largest absolute Gasteiger partial charge is 0.497 e. The molecule has 3 aromatic carbocycles. The smallest absolute Gasteiger partial charge is 0.121 e. The Morgan fingerprint density at radius 1 is 0.952 bits per heavy atom. The molecule has 0 fully saturated rings. The van der Waals surface area contributed by atoms with Gasteiger partial charge in [0.1, 0.15) is 5.75 Å². The number of halogens is 1. The highest BCUT2D eigenvalue weighted by Gasteiger charge is 2.03. The fourth-order valence-corrected chi connectivity index (χ4v) is 2.60. The zero-order valence-electron chi connectivity index (χ0n) is 11.6. The maximum atomic E-state index is 6.00. The van der Waals surface area contributed by atoms with Crippen molar-refractivity contribution >= 4 is 43.8 Å². The first-order valence-electron chi connectivity index (χ1n) is 6.55. The lowest BCUT2D eigenvalue weighted by Gasteiger charge is -2.12. The summed E-state index contributed by atoms with van der Waals surface area (Å²) < 4.78 is 6.31. The highest BCUT2D eigenvalue weighted by Crippen LogP contribution is 2.29. The highest BCUT2D eigenvalue weighted by molar-refractivity contribution is 9.10. The van der Waals surface area contributed by atoms with Gasteiger partial charge in [-0.2, -0.15) is 0 Å². The van der Waals surface area contributed by atoms with E-state index in [2.05, 4.69) is 45.5 Å². The molecule has 0 radical (unpaired) electrons. The second-order valence-corrected chi connectivity index (χ2v) is 5.70. The first-order valence-corrected chi connectivity index (χ1v) is 7.35. The van der Waals surface area contributed by atoms with Crippen LogP contribution in [0.1, 0.15) is 0 Å². The summed E-state index contributed by atoms with van der Waals surface area (Å²) >= 11 is 3.48. The van der Waals surface area contributed by atoms with Crippen LogP contribution in [0.15, 0.2) is 59.1 Å². The Bertz CT molecular complexity index is 802. The van der Waals surface area contributed by atoms with Gasteiger partial charge in [0, 0.05) is 16.2 Å². The fourth-order valence-electron chi connectivity index (χ4n) is 2.22. The Morgan fingerprint density at radius 2 is 1.71 bits per heavy atom. The van der Waals surface area contributed by atoms with Gasteiger partial charge in [-0.3, -0.25) is 0 Å². The summed E-state index contributed by atoms with van der Waals surface area (Å²) in [6.07, 6.45) is 0. The third kappa shape index (κ3) is 2.95. The second-order valence-electron chi connectivity index (χ2n) is 4.78. The van der Waals surface area contributed by atoms with Gasteiger partial charge < -0.3 is 15.8 Å². The maximum absolute atomic E-state index is 6.00. The summed E-state index contributed by atoms with van der Waals surface area (Å²) in [5.74, 6) is 0.774. The number of hydrogen-bond acceptors (Lipinski definition) is 3. The van der Waals surface area contributed by atoms with Crippen LogP contribution in [0.2, 0.25) is 0 Å². The van der Waals surface area contributed by atoms with E-state index in [-0.39, 0.29) is 0 Å². The third-order valence-corrected chi connectivity index (χ3v) is 3.84. The number of nitrogens with two attached hydrogens (primary N) is 1. The highest BCUT2D eigenvalue weighted by atomic mass is 79.9. The number of benzene rings is 3. The SMILES string of the molecule is COc1ccc(N)c(Nc2ccc3cc(Br)ccc3c2)c1. The number of nitrogens with one attached hydrogen (secondary N) is 1. The van der Waals surface area contributed by atoms with Crippen LogP contribution in [0.5, 0.6) is 5.75 Å². The third-order valence-electron chi connectivity index (χ3n) is 3.34. The Kier molecular flexibility index (Phi) is 3.71. The molecule has 0 atom stereocenters. The second kappa shape index (κ2) is 5.66. The van der Waals surface area contributed by atoms with Gasteiger partial charge in [-0.05, 0) is 47.2 Å². The van der Waals surface area contributed by atoms with E-state index >= 15 is 0 Å². The molecule has 0 aliphatic rings.